The van der Waals surface area contributed by atoms with Crippen molar-refractivity contribution in [3.63, 3.8) is 0 Å². The predicted molar refractivity (Wildman–Crippen MR) is 128 cm³/mol. The van der Waals surface area contributed by atoms with Gasteiger partial charge in [0, 0.05) is 29.1 Å². The van der Waals surface area contributed by atoms with E-state index in [1.54, 1.807) is 0 Å². The van der Waals surface area contributed by atoms with Crippen LogP contribution >= 0.6 is 0 Å². The largest absolute Gasteiger partial charge is 0.490 e. The summed E-state index contributed by atoms with van der Waals surface area (Å²) in [5.74, 6) is 1.33. The molecule has 0 bridgehead atoms. The van der Waals surface area contributed by atoms with E-state index in [1.165, 1.54) is 0 Å². The first-order valence-corrected chi connectivity index (χ1v) is 11.4. The molecule has 0 fully saturated rings. The van der Waals surface area contributed by atoms with Crippen LogP contribution in [-0.4, -0.2) is 57.1 Å². The summed E-state index contributed by atoms with van der Waals surface area (Å²) in [7, 11) is 0. The summed E-state index contributed by atoms with van der Waals surface area (Å²) in [6.45, 7) is 9.44. The van der Waals surface area contributed by atoms with E-state index in [0.717, 1.165) is 33.6 Å². The lowest BCUT2D eigenvalue weighted by Crippen LogP contribution is -2.36. The van der Waals surface area contributed by atoms with Crippen LogP contribution < -0.4 is 10.1 Å². The summed E-state index contributed by atoms with van der Waals surface area (Å²) in [6, 6.07) is 7.77. The van der Waals surface area contributed by atoms with Crippen molar-refractivity contribution in [3.05, 3.63) is 46.8 Å². The fraction of sp³-hybridized carbons (Fsp3) is 0.440. The standard InChI is InChI=1S/C25H32N4O5/c1-6-17-9-18(7-15(4)23(17)33-13-20(31)11-26-22(32)12-30)24-28-25(34-29-24)19-8-16(5)27-21(10-19)14(2)3/h7-10,14,20,30-31H,6,11-13H2,1-5H3,(H,26,32)/t20-/m0/s1. The van der Waals surface area contributed by atoms with Gasteiger partial charge in [-0.1, -0.05) is 25.9 Å². The fourth-order valence-electron chi connectivity index (χ4n) is 3.54. The van der Waals surface area contributed by atoms with Gasteiger partial charge in [0.25, 0.3) is 5.89 Å². The maximum atomic E-state index is 11.1. The second-order valence-electron chi connectivity index (χ2n) is 8.56. The summed E-state index contributed by atoms with van der Waals surface area (Å²) in [6.07, 6.45) is -0.202. The molecule has 0 unspecified atom stereocenters. The molecule has 182 valence electrons. The smallest absolute Gasteiger partial charge is 0.258 e. The number of nitrogens with one attached hydrogen (secondary N) is 1. The summed E-state index contributed by atoms with van der Waals surface area (Å²) in [4.78, 5) is 20.3. The maximum Gasteiger partial charge on any atom is 0.258 e. The number of aliphatic hydroxyl groups is 2. The van der Waals surface area contributed by atoms with Crippen LogP contribution in [0.15, 0.2) is 28.8 Å². The number of pyridine rings is 1. The molecule has 34 heavy (non-hydrogen) atoms. The van der Waals surface area contributed by atoms with Gasteiger partial charge in [-0.05, 0) is 61.6 Å². The van der Waals surface area contributed by atoms with Gasteiger partial charge < -0.3 is 24.8 Å². The monoisotopic (exact) mass is 468 g/mol. The number of aromatic nitrogens is 3. The number of ether oxygens (including phenoxy) is 1. The fourth-order valence-corrected chi connectivity index (χ4v) is 3.54. The van der Waals surface area contributed by atoms with Crippen molar-refractivity contribution >= 4 is 5.91 Å². The SMILES string of the molecule is CCc1cc(-c2noc(-c3cc(C)nc(C(C)C)c3)n2)cc(C)c1OC[C@@H](O)CNC(=O)CO. The molecule has 0 aliphatic carbocycles. The second kappa shape index (κ2) is 11.2. The molecule has 0 saturated heterocycles. The normalized spacial score (nSPS) is 12.1. The van der Waals surface area contributed by atoms with Crippen molar-refractivity contribution < 1.29 is 24.3 Å². The molecule has 0 aliphatic heterocycles. The molecule has 1 aromatic carbocycles. The summed E-state index contributed by atoms with van der Waals surface area (Å²) in [5, 5.41) is 25.4. The maximum absolute atomic E-state index is 11.1. The first-order chi connectivity index (χ1) is 16.2. The highest BCUT2D eigenvalue weighted by molar-refractivity contribution is 5.76. The molecule has 2 aromatic heterocycles. The van der Waals surface area contributed by atoms with E-state index >= 15 is 0 Å². The van der Waals surface area contributed by atoms with Gasteiger partial charge >= 0.3 is 0 Å². The Morgan fingerprint density at radius 3 is 2.59 bits per heavy atom. The van der Waals surface area contributed by atoms with Crippen LogP contribution in [0, 0.1) is 13.8 Å². The number of nitrogens with zero attached hydrogens (tertiary/aromatic N) is 3. The van der Waals surface area contributed by atoms with Crippen molar-refractivity contribution in [1.29, 1.82) is 0 Å². The number of amides is 1. The minimum atomic E-state index is -0.904. The van der Waals surface area contributed by atoms with Crippen LogP contribution in [0.25, 0.3) is 22.8 Å². The minimum Gasteiger partial charge on any atom is -0.490 e. The topological polar surface area (TPSA) is 131 Å². The zero-order valence-electron chi connectivity index (χ0n) is 20.3. The number of rotatable bonds is 10. The Kier molecular flexibility index (Phi) is 8.36. The average molecular weight is 469 g/mol. The summed E-state index contributed by atoms with van der Waals surface area (Å²) in [5.41, 5.74) is 5.32. The Balaban J connectivity index is 1.80. The number of aryl methyl sites for hydroxylation is 3. The van der Waals surface area contributed by atoms with Crippen molar-refractivity contribution in [2.45, 2.75) is 53.1 Å². The van der Waals surface area contributed by atoms with E-state index in [-0.39, 0.29) is 19.1 Å². The van der Waals surface area contributed by atoms with Gasteiger partial charge in [-0.3, -0.25) is 9.78 Å². The van der Waals surface area contributed by atoms with Gasteiger partial charge in [-0.25, -0.2) is 0 Å². The lowest BCUT2D eigenvalue weighted by Gasteiger charge is -2.17. The van der Waals surface area contributed by atoms with Crippen molar-refractivity contribution in [3.8, 4) is 28.6 Å². The number of aliphatic hydroxyl groups excluding tert-OH is 2. The van der Waals surface area contributed by atoms with E-state index in [4.69, 9.17) is 14.4 Å². The van der Waals surface area contributed by atoms with Crippen LogP contribution in [0.1, 0.15) is 49.2 Å². The van der Waals surface area contributed by atoms with Crippen LogP contribution in [0.4, 0.5) is 0 Å². The van der Waals surface area contributed by atoms with Crippen molar-refractivity contribution in [2.24, 2.45) is 0 Å². The minimum absolute atomic E-state index is 0.00335. The third kappa shape index (κ3) is 6.18. The molecular formula is C25H32N4O5. The van der Waals surface area contributed by atoms with Crippen molar-refractivity contribution in [1.82, 2.24) is 20.4 Å². The number of benzene rings is 1. The van der Waals surface area contributed by atoms with E-state index in [9.17, 15) is 9.90 Å². The molecule has 1 atom stereocenters. The van der Waals surface area contributed by atoms with E-state index in [0.29, 0.717) is 23.9 Å². The molecule has 9 heteroatoms. The lowest BCUT2D eigenvalue weighted by molar-refractivity contribution is -0.124. The summed E-state index contributed by atoms with van der Waals surface area (Å²) >= 11 is 0. The highest BCUT2D eigenvalue weighted by Crippen LogP contribution is 2.31. The quantitative estimate of drug-likeness (QED) is 0.414. The van der Waals surface area contributed by atoms with Gasteiger partial charge in [0.05, 0.1) is 0 Å². The molecule has 3 rings (SSSR count). The Morgan fingerprint density at radius 2 is 1.91 bits per heavy atom. The highest BCUT2D eigenvalue weighted by Gasteiger charge is 2.17. The Morgan fingerprint density at radius 1 is 1.15 bits per heavy atom. The first-order valence-electron chi connectivity index (χ1n) is 11.4. The number of hydrogen-bond acceptors (Lipinski definition) is 8. The third-order valence-electron chi connectivity index (χ3n) is 5.33. The molecule has 0 aliphatic rings. The Hall–Kier alpha value is -3.30. The summed E-state index contributed by atoms with van der Waals surface area (Å²) < 4.78 is 11.4. The van der Waals surface area contributed by atoms with Gasteiger partial charge in [-0.15, -0.1) is 0 Å². The van der Waals surface area contributed by atoms with E-state index < -0.39 is 18.6 Å². The molecule has 0 saturated carbocycles. The highest BCUT2D eigenvalue weighted by atomic mass is 16.5. The number of carbonyl (C=O) groups is 1. The zero-order chi connectivity index (χ0) is 24.8. The van der Waals surface area contributed by atoms with Crippen molar-refractivity contribution in [2.75, 3.05) is 19.8 Å². The van der Waals surface area contributed by atoms with Gasteiger partial charge in [0.2, 0.25) is 11.7 Å². The molecule has 2 heterocycles. The number of hydrogen-bond donors (Lipinski definition) is 3. The Bertz CT molecular complexity index is 1140. The predicted octanol–water partition coefficient (Wildman–Crippen LogP) is 2.95. The van der Waals surface area contributed by atoms with E-state index in [1.807, 2.05) is 45.0 Å². The molecule has 3 aromatic rings. The first kappa shape index (κ1) is 25.3. The van der Waals surface area contributed by atoms with E-state index in [2.05, 4.69) is 34.3 Å². The van der Waals surface area contributed by atoms with Gasteiger partial charge in [0.15, 0.2) is 0 Å². The second-order valence-corrected chi connectivity index (χ2v) is 8.56. The van der Waals surface area contributed by atoms with Crippen LogP contribution in [0.3, 0.4) is 0 Å². The molecule has 0 spiro atoms. The van der Waals surface area contributed by atoms with Gasteiger partial charge in [0.1, 0.15) is 25.1 Å². The molecule has 1 amide bonds. The molecular weight excluding hydrogens is 436 g/mol. The average Bonchev–Trinajstić information content (AvgIpc) is 3.31. The lowest BCUT2D eigenvalue weighted by atomic mass is 10.0. The zero-order valence-corrected chi connectivity index (χ0v) is 20.3. The molecule has 3 N–H and O–H groups in total. The van der Waals surface area contributed by atoms with Gasteiger partial charge in [-0.2, -0.15) is 4.98 Å². The molecule has 9 nitrogen and oxygen atoms in total. The third-order valence-corrected chi connectivity index (χ3v) is 5.33. The van der Waals surface area contributed by atoms with Crippen LogP contribution in [-0.2, 0) is 11.2 Å². The number of carbonyl (C=O) groups excluding carboxylic acids is 1. The van der Waals surface area contributed by atoms with Crippen LogP contribution in [0.2, 0.25) is 0 Å². The van der Waals surface area contributed by atoms with Crippen LogP contribution in [0.5, 0.6) is 5.75 Å². The Labute approximate surface area is 199 Å². The molecule has 0 radical (unpaired) electrons.